The molecule has 1 amide bonds. The number of methoxy groups -OCH3 is 1. The van der Waals surface area contributed by atoms with Crippen LogP contribution in [0.5, 0.6) is 11.5 Å². The highest BCUT2D eigenvalue weighted by Crippen LogP contribution is 2.44. The normalized spacial score (nSPS) is 13.4. The van der Waals surface area contributed by atoms with Crippen LogP contribution in [0.3, 0.4) is 0 Å². The summed E-state index contributed by atoms with van der Waals surface area (Å²) < 4.78 is 154. The van der Waals surface area contributed by atoms with Crippen molar-refractivity contribution in [3.63, 3.8) is 0 Å². The van der Waals surface area contributed by atoms with E-state index in [0.29, 0.717) is 63.4 Å². The Bertz CT molecular complexity index is 4700. The molecule has 45 heteroatoms. The second kappa shape index (κ2) is 28.5. The first-order chi connectivity index (χ1) is 43.5. The van der Waals surface area contributed by atoms with E-state index in [2.05, 4.69) is 95.9 Å². The summed E-state index contributed by atoms with van der Waals surface area (Å²) in [5.74, 6) is -1.07. The number of carbonyl (C=O) groups excluding carboxylic acids is 1. The molecule has 92 heavy (non-hydrogen) atoms. The van der Waals surface area contributed by atoms with E-state index in [-0.39, 0.29) is 99.9 Å². The molecule has 0 spiro atoms. The minimum atomic E-state index is -5.14. The fraction of sp³-hybridized carbons (Fsp3) is 0.170. The average Bonchev–Trinajstić information content (AvgIpc) is 0.774. The summed E-state index contributed by atoms with van der Waals surface area (Å²) in [6.45, 7) is 3.88. The van der Waals surface area contributed by atoms with Crippen LogP contribution in [0.2, 0.25) is 10.6 Å². The lowest BCUT2D eigenvalue weighted by atomic mass is 10.1. The van der Waals surface area contributed by atoms with E-state index in [0.717, 1.165) is 42.5 Å². The van der Waals surface area contributed by atoms with Crippen molar-refractivity contribution in [2.75, 3.05) is 83.4 Å². The molecule has 0 atom stereocenters. The van der Waals surface area contributed by atoms with Gasteiger partial charge in [0, 0.05) is 73.6 Å². The smallest absolute Gasteiger partial charge is 0.296 e. The van der Waals surface area contributed by atoms with Gasteiger partial charge in [0.05, 0.1) is 63.7 Å². The molecule has 0 unspecified atom stereocenters. The van der Waals surface area contributed by atoms with Crippen LogP contribution in [0.1, 0.15) is 6.92 Å². The number of aromatic nitrogens is 6. The number of anilines is 9. The Morgan fingerprint density at radius 2 is 1.27 bits per heavy atom. The van der Waals surface area contributed by atoms with Gasteiger partial charge in [0.25, 0.3) is 40.5 Å². The number of phenols is 1. The molecule has 13 N–H and O–H groups in total. The van der Waals surface area contributed by atoms with Gasteiger partial charge in [0.2, 0.25) is 40.3 Å². The number of ether oxygens (including phenoxy) is 1. The van der Waals surface area contributed by atoms with E-state index < -0.39 is 83.1 Å². The van der Waals surface area contributed by atoms with Gasteiger partial charge in [-0.25, -0.2) is 10.5 Å². The molecule has 1 aliphatic rings. The van der Waals surface area contributed by atoms with Crippen LogP contribution in [0, 0.1) is 0 Å². The Labute approximate surface area is 537 Å². The quantitative estimate of drug-likeness (QED) is 0.00809. The summed E-state index contributed by atoms with van der Waals surface area (Å²) in [6.07, 6.45) is 0. The number of nitrogens with zero attached hydrogens (tertiary/aromatic N) is 10. The number of phenolic OH excluding ortho intramolecular Hbond substituents is 1. The average molecular weight is 1430 g/mol. The zero-order valence-electron chi connectivity index (χ0n) is 46.3. The molecule has 1 aliphatic heterocycles. The highest BCUT2D eigenvalue weighted by molar-refractivity contribution is 7.95. The number of amides is 1. The number of hydrogen-bond acceptors (Lipinski definition) is 34. The fourth-order valence-corrected chi connectivity index (χ4v) is 12.6. The molecule has 0 radical (unpaired) electrons. The van der Waals surface area contributed by atoms with E-state index in [9.17, 15) is 61.8 Å². The number of rotatable bonds is 26. The van der Waals surface area contributed by atoms with Gasteiger partial charge in [-0.3, -0.25) is 38.8 Å². The van der Waals surface area contributed by atoms with Crippen molar-refractivity contribution in [3.05, 3.63) is 89.4 Å². The molecule has 0 bridgehead atoms. The molecule has 2 aromatic heterocycles. The monoisotopic (exact) mass is 1430 g/mol. The lowest BCUT2D eigenvalue weighted by Gasteiger charge is -2.34. The minimum absolute atomic E-state index is 0.00786. The summed E-state index contributed by atoms with van der Waals surface area (Å²) in [5, 5.41) is 54.1. The van der Waals surface area contributed by atoms with E-state index >= 15 is 0 Å². The van der Waals surface area contributed by atoms with E-state index in [4.69, 9.17) is 38.5 Å². The molecule has 3 heterocycles. The number of hydrogen-bond donors (Lipinski definition) is 13. The Morgan fingerprint density at radius 3 is 1.93 bits per heavy atom. The first-order valence-corrected chi connectivity index (χ1v) is 33.2. The van der Waals surface area contributed by atoms with Gasteiger partial charge in [-0.15, -0.1) is 18.9 Å². The Balaban J connectivity index is 0.844. The van der Waals surface area contributed by atoms with Crippen LogP contribution in [0.15, 0.2) is 118 Å². The third kappa shape index (κ3) is 17.0. The van der Waals surface area contributed by atoms with Gasteiger partial charge in [-0.05, 0) is 107 Å². The molecule has 9 rings (SSSR count). The van der Waals surface area contributed by atoms with Crippen LogP contribution >= 0.6 is 47.3 Å². The summed E-state index contributed by atoms with van der Waals surface area (Å²) in [7, 11) is -18.7. The molecule has 6 aromatic carbocycles. The number of nitrogens with one attached hydrogen (secondary N) is 6. The van der Waals surface area contributed by atoms with E-state index in [1.165, 1.54) is 50.4 Å². The van der Waals surface area contributed by atoms with Crippen LogP contribution in [-0.2, 0) is 64.0 Å². The van der Waals surface area contributed by atoms with Crippen molar-refractivity contribution in [1.29, 1.82) is 0 Å². The second-order valence-electron chi connectivity index (χ2n) is 18.7. The minimum Gasteiger partial charge on any atom is -0.505 e. The Kier molecular flexibility index (Phi) is 21.1. The summed E-state index contributed by atoms with van der Waals surface area (Å²) in [4.78, 5) is 39.0. The predicted molar refractivity (Wildman–Crippen MR) is 329 cm³/mol. The Morgan fingerprint density at radius 1 is 0.630 bits per heavy atom. The van der Waals surface area contributed by atoms with E-state index in [1.54, 1.807) is 0 Å². The molecule has 0 aliphatic carbocycles. The van der Waals surface area contributed by atoms with Crippen LogP contribution < -0.4 is 41.8 Å². The van der Waals surface area contributed by atoms with Gasteiger partial charge >= 0.3 is 0 Å². The van der Waals surface area contributed by atoms with Gasteiger partial charge < -0.3 is 36.0 Å². The van der Waals surface area contributed by atoms with Crippen molar-refractivity contribution in [2.45, 2.75) is 36.3 Å². The molecular formula is C47H44Cl2N16O21S6. The standard InChI is InChI=1S/C47H44Cl2N16O21S6/c1-22(66)51-30-20-32(35(82-2)21-31(30)60-62-34-19-29-24(15-38(34)91(76,77)78)14-26(87-85-83-68)17-37(29)90(73,74)75)53-46-56-43(49)57-47(59-46)65-11-9-64(10-12-65)8-7-50-44-54-42(48)55-45(58-44)52-25-3-5-28-23(13-25)16-39(92(79,80)81)40(41(28)67)63-61-33-18-27(89(70,71)72)4-6-36(33)88-86-84-69/h3-6,13-21,60,62,67-69H,7-12H2,1-2H3,(H,51,66)(H,70,71,72)(H,73,74,75)(H,76,77,78)(H,79,80,81)(H,53,56,57,59)(H2,50,52,54,55,58). The highest BCUT2D eigenvalue weighted by atomic mass is 35.5. The molecule has 8 aromatic rings. The Hall–Kier alpha value is -8.03. The van der Waals surface area contributed by atoms with Crippen molar-refractivity contribution in [1.82, 2.24) is 34.8 Å². The zero-order chi connectivity index (χ0) is 66.5. The molecular weight excluding hydrogens is 1390 g/mol. The molecule has 37 nitrogen and oxygen atoms in total. The molecule has 1 fully saturated rings. The van der Waals surface area contributed by atoms with Crippen molar-refractivity contribution >= 4 is 179 Å². The number of halogens is 2. The lowest BCUT2D eigenvalue weighted by molar-refractivity contribution is -0.432. The maximum Gasteiger partial charge on any atom is 0.296 e. The number of piperazine rings is 1. The largest absolute Gasteiger partial charge is 0.505 e. The van der Waals surface area contributed by atoms with Crippen molar-refractivity contribution in [3.8, 4) is 11.5 Å². The second-order valence-corrected chi connectivity index (χ2v) is 26.5. The third-order valence-electron chi connectivity index (χ3n) is 12.7. The topological polar surface area (TPSA) is 522 Å². The van der Waals surface area contributed by atoms with Gasteiger partial charge in [-0.2, -0.15) is 63.6 Å². The number of hydrazine groups is 1. The van der Waals surface area contributed by atoms with Crippen molar-refractivity contribution < 1.29 is 95.8 Å². The summed E-state index contributed by atoms with van der Waals surface area (Å²) >= 11 is 13.3. The van der Waals surface area contributed by atoms with Gasteiger partial charge in [0.1, 0.15) is 31.8 Å². The van der Waals surface area contributed by atoms with Crippen LogP contribution in [0.25, 0.3) is 21.5 Å². The van der Waals surface area contributed by atoms with Crippen LogP contribution in [0.4, 0.5) is 63.6 Å². The number of carbonyl (C=O) groups is 1. The van der Waals surface area contributed by atoms with Gasteiger partial charge in [0.15, 0.2) is 5.75 Å². The number of azo groups is 1. The van der Waals surface area contributed by atoms with Crippen molar-refractivity contribution in [2.24, 2.45) is 10.2 Å². The molecule has 1 saturated heterocycles. The highest BCUT2D eigenvalue weighted by Gasteiger charge is 2.27. The summed E-state index contributed by atoms with van der Waals surface area (Å²) in [5.41, 5.74) is 4.27. The molecule has 488 valence electrons. The fourth-order valence-electron chi connectivity index (χ4n) is 8.79. The van der Waals surface area contributed by atoms with E-state index in [1.807, 2.05) is 4.90 Å². The first-order valence-electron chi connectivity index (χ1n) is 25.2. The maximum absolute atomic E-state index is 12.7. The number of aromatic hydroxyl groups is 1. The zero-order valence-corrected chi connectivity index (χ0v) is 52.7. The third-order valence-corrected chi connectivity index (χ3v) is 17.8. The first kappa shape index (κ1) is 68.3. The lowest BCUT2D eigenvalue weighted by Crippen LogP contribution is -2.48. The number of fused-ring (bicyclic) bond motifs is 2. The predicted octanol–water partition coefficient (Wildman–Crippen LogP) is 7.76. The van der Waals surface area contributed by atoms with Gasteiger partial charge in [-0.1, -0.05) is 10.1 Å². The molecule has 0 saturated carbocycles. The van der Waals surface area contributed by atoms with Crippen LogP contribution in [-0.4, -0.2) is 155 Å². The summed E-state index contributed by atoms with van der Waals surface area (Å²) in [6, 6.07) is 14.9. The maximum atomic E-state index is 12.7. The SMILES string of the molecule is COc1cc(NNc2cc3c(S(=O)(=O)O)cc(SOOO)cc3cc2S(=O)(=O)O)c(NC(C)=O)cc1Nc1nc(Cl)nc(N2CCN(CCNc3nc(Cl)nc(Nc4ccc5c(O)c(N=Nc6cc(S(=O)(=O)O)ccc6SOOO)c(S(=O)(=O)O)cc5c4)n3)CC2)n1. The number of benzene rings is 6.